The number of hydrogen-bond donors (Lipinski definition) is 3. The van der Waals surface area contributed by atoms with Gasteiger partial charge in [-0.15, -0.1) is 0 Å². The van der Waals surface area contributed by atoms with E-state index in [0.717, 1.165) is 0 Å². The highest BCUT2D eigenvalue weighted by molar-refractivity contribution is 7.47. The molecular weight excluding hydrogens is 314 g/mol. The van der Waals surface area contributed by atoms with Gasteiger partial charge in [-0.25, -0.2) is 4.57 Å². The Balaban J connectivity index is 1.89. The van der Waals surface area contributed by atoms with Crippen molar-refractivity contribution in [2.24, 2.45) is 0 Å². The van der Waals surface area contributed by atoms with Gasteiger partial charge in [0, 0.05) is 6.42 Å². The molecule has 22 heavy (non-hydrogen) atoms. The standard InChI is InChI=1S/C12H24BO8P/c1-3-8-11(10(15)12(13)20-8)21-22(16,17)18-5-9-7(14)4-6(2)19-9/h6-12,14-15H,3-5,13H2,1-2H3,(H,16,17)/t6-,7?,8+,9+,10-,11?,12+/m0/s1. The summed E-state index contributed by atoms with van der Waals surface area (Å²) in [4.78, 5) is 9.81. The second-order valence-electron chi connectivity index (χ2n) is 5.90. The van der Waals surface area contributed by atoms with E-state index in [9.17, 15) is 19.7 Å². The first-order valence-corrected chi connectivity index (χ1v) is 9.05. The normalized spacial score (nSPS) is 45.0. The molecule has 0 aromatic carbocycles. The summed E-state index contributed by atoms with van der Waals surface area (Å²) in [6, 6.07) is -0.476. The van der Waals surface area contributed by atoms with Crippen LogP contribution in [0.5, 0.6) is 0 Å². The first-order valence-electron chi connectivity index (χ1n) is 7.56. The molecular formula is C12H24BO8P. The summed E-state index contributed by atoms with van der Waals surface area (Å²) < 4.78 is 32.9. The molecule has 2 fully saturated rings. The Morgan fingerprint density at radius 3 is 2.55 bits per heavy atom. The summed E-state index contributed by atoms with van der Waals surface area (Å²) >= 11 is 0. The van der Waals surface area contributed by atoms with Crippen molar-refractivity contribution < 1.29 is 38.2 Å². The molecule has 0 aromatic rings. The van der Waals surface area contributed by atoms with Crippen molar-refractivity contribution in [3.8, 4) is 0 Å². The van der Waals surface area contributed by atoms with Crippen LogP contribution in [0.2, 0.25) is 0 Å². The molecule has 3 N–H and O–H groups in total. The molecule has 2 heterocycles. The Morgan fingerprint density at radius 1 is 1.32 bits per heavy atom. The molecule has 2 aliphatic heterocycles. The van der Waals surface area contributed by atoms with Crippen molar-refractivity contribution in [3.05, 3.63) is 0 Å². The van der Waals surface area contributed by atoms with Crippen LogP contribution in [0, 0.1) is 0 Å². The molecule has 0 radical (unpaired) electrons. The average Bonchev–Trinajstić information content (AvgIpc) is 2.89. The lowest BCUT2D eigenvalue weighted by Gasteiger charge is -2.23. The van der Waals surface area contributed by atoms with Crippen molar-refractivity contribution in [2.75, 3.05) is 6.61 Å². The maximum Gasteiger partial charge on any atom is 0.472 e. The van der Waals surface area contributed by atoms with E-state index >= 15 is 0 Å². The molecule has 2 aliphatic rings. The van der Waals surface area contributed by atoms with Crippen LogP contribution in [0.4, 0.5) is 0 Å². The fourth-order valence-corrected chi connectivity index (χ4v) is 3.78. The van der Waals surface area contributed by atoms with Crippen LogP contribution in [-0.4, -0.2) is 72.2 Å². The minimum atomic E-state index is -4.39. The van der Waals surface area contributed by atoms with Crippen LogP contribution in [0.3, 0.4) is 0 Å². The van der Waals surface area contributed by atoms with Gasteiger partial charge in [0.1, 0.15) is 26.2 Å². The van der Waals surface area contributed by atoms with Crippen LogP contribution < -0.4 is 0 Å². The number of hydrogen-bond acceptors (Lipinski definition) is 7. The van der Waals surface area contributed by atoms with E-state index in [1.165, 1.54) is 0 Å². The van der Waals surface area contributed by atoms with Gasteiger partial charge < -0.3 is 24.6 Å². The smallest absolute Gasteiger partial charge is 0.390 e. The summed E-state index contributed by atoms with van der Waals surface area (Å²) in [6.07, 6.45) is -2.93. The van der Waals surface area contributed by atoms with Gasteiger partial charge in [0.15, 0.2) is 0 Å². The Bertz CT molecular complexity index is 424. The van der Waals surface area contributed by atoms with Gasteiger partial charge in [-0.2, -0.15) is 0 Å². The third-order valence-corrected chi connectivity index (χ3v) is 5.03. The molecule has 0 aromatic heterocycles. The topological polar surface area (TPSA) is 115 Å². The number of aliphatic hydroxyl groups is 2. The summed E-state index contributed by atoms with van der Waals surface area (Å²) in [5.74, 6) is 0. The van der Waals surface area contributed by atoms with Crippen LogP contribution in [0.15, 0.2) is 0 Å². The third-order valence-electron chi connectivity index (χ3n) is 4.04. The van der Waals surface area contributed by atoms with E-state index in [2.05, 4.69) is 0 Å². The van der Waals surface area contributed by atoms with Gasteiger partial charge in [-0.3, -0.25) is 9.05 Å². The van der Waals surface area contributed by atoms with Gasteiger partial charge in [-0.1, -0.05) is 6.92 Å². The second kappa shape index (κ2) is 7.28. The average molecular weight is 338 g/mol. The minimum absolute atomic E-state index is 0.127. The van der Waals surface area contributed by atoms with Crippen LogP contribution in [0.1, 0.15) is 26.7 Å². The Morgan fingerprint density at radius 2 is 2.00 bits per heavy atom. The Hall–Kier alpha value is 0.0149. The minimum Gasteiger partial charge on any atom is -0.390 e. The van der Waals surface area contributed by atoms with E-state index in [1.54, 1.807) is 14.8 Å². The highest BCUT2D eigenvalue weighted by Crippen LogP contribution is 2.48. The zero-order chi connectivity index (χ0) is 16.5. The summed E-state index contributed by atoms with van der Waals surface area (Å²) in [5, 5.41) is 19.7. The molecule has 0 saturated carbocycles. The molecule has 0 aliphatic carbocycles. The fraction of sp³-hybridized carbons (Fsp3) is 1.00. The summed E-state index contributed by atoms with van der Waals surface area (Å²) in [7, 11) is -2.72. The second-order valence-corrected chi connectivity index (χ2v) is 7.31. The lowest BCUT2D eigenvalue weighted by molar-refractivity contribution is -0.0310. The van der Waals surface area contributed by atoms with E-state index in [4.69, 9.17) is 18.5 Å². The van der Waals surface area contributed by atoms with Crippen molar-refractivity contribution in [1.82, 2.24) is 0 Å². The Kier molecular flexibility index (Phi) is 6.07. The lowest BCUT2D eigenvalue weighted by atomic mass is 9.93. The fourth-order valence-electron chi connectivity index (χ4n) is 2.82. The molecule has 3 unspecified atom stereocenters. The molecule has 0 spiro atoms. The zero-order valence-electron chi connectivity index (χ0n) is 13.0. The first-order chi connectivity index (χ1) is 10.2. The number of rotatable bonds is 6. The summed E-state index contributed by atoms with van der Waals surface area (Å²) in [6.45, 7) is 3.38. The number of aliphatic hydroxyl groups excluding tert-OH is 2. The highest BCUT2D eigenvalue weighted by Gasteiger charge is 2.45. The van der Waals surface area contributed by atoms with Gasteiger partial charge in [0.05, 0.1) is 30.9 Å². The van der Waals surface area contributed by atoms with Crippen molar-refractivity contribution in [2.45, 2.75) is 69.3 Å². The SMILES string of the molecule is B[C@@H]1O[C@H](CC)C(OP(=O)(O)OC[C@H]2O[C@@H](C)CC2O)[C@@H]1O. The Labute approximate surface area is 130 Å². The van der Waals surface area contributed by atoms with Crippen molar-refractivity contribution >= 4 is 15.7 Å². The zero-order valence-corrected chi connectivity index (χ0v) is 13.9. The molecule has 128 valence electrons. The number of ether oxygens (including phenoxy) is 2. The quantitative estimate of drug-likeness (QED) is 0.424. The molecule has 8 nitrogen and oxygen atoms in total. The van der Waals surface area contributed by atoms with Crippen LogP contribution >= 0.6 is 7.82 Å². The predicted molar refractivity (Wildman–Crippen MR) is 79.1 cm³/mol. The molecule has 8 atom stereocenters. The molecule has 10 heteroatoms. The van der Waals surface area contributed by atoms with Gasteiger partial charge in [-0.05, 0) is 13.3 Å². The first kappa shape index (κ1) is 18.4. The molecule has 0 bridgehead atoms. The van der Waals surface area contributed by atoms with E-state index < -0.39 is 44.3 Å². The largest absolute Gasteiger partial charge is 0.472 e. The molecule has 2 saturated heterocycles. The monoisotopic (exact) mass is 338 g/mol. The van der Waals surface area contributed by atoms with E-state index in [1.807, 2.05) is 6.92 Å². The van der Waals surface area contributed by atoms with E-state index in [0.29, 0.717) is 12.8 Å². The van der Waals surface area contributed by atoms with Crippen LogP contribution in [0.25, 0.3) is 0 Å². The van der Waals surface area contributed by atoms with Crippen molar-refractivity contribution in [1.29, 1.82) is 0 Å². The predicted octanol–water partition coefficient (Wildman–Crippen LogP) is -0.844. The highest BCUT2D eigenvalue weighted by atomic mass is 31.2. The number of phosphoric acid groups is 1. The van der Waals surface area contributed by atoms with Crippen molar-refractivity contribution in [3.63, 3.8) is 0 Å². The van der Waals surface area contributed by atoms with Gasteiger partial charge >= 0.3 is 7.82 Å². The summed E-state index contributed by atoms with van der Waals surface area (Å²) in [5.41, 5.74) is 0. The molecule has 0 amide bonds. The third kappa shape index (κ3) is 4.30. The van der Waals surface area contributed by atoms with Gasteiger partial charge in [0.25, 0.3) is 0 Å². The maximum absolute atomic E-state index is 12.0. The van der Waals surface area contributed by atoms with E-state index in [-0.39, 0.29) is 12.7 Å². The lowest BCUT2D eigenvalue weighted by Crippen LogP contribution is -2.35. The molecule has 2 rings (SSSR count). The van der Waals surface area contributed by atoms with Crippen LogP contribution in [-0.2, 0) is 23.1 Å². The maximum atomic E-state index is 12.0. The number of phosphoric ester groups is 1. The van der Waals surface area contributed by atoms with Gasteiger partial charge in [0.2, 0.25) is 0 Å².